The van der Waals surface area contributed by atoms with Gasteiger partial charge in [-0.2, -0.15) is 0 Å². The van der Waals surface area contributed by atoms with Gasteiger partial charge in [-0.1, -0.05) is 6.07 Å². The number of H-pyrrole nitrogens is 1. The van der Waals surface area contributed by atoms with Crippen LogP contribution in [-0.2, 0) is 6.54 Å². The highest BCUT2D eigenvalue weighted by Gasteiger charge is 2.21. The first-order chi connectivity index (χ1) is 13.1. The lowest BCUT2D eigenvalue weighted by Crippen LogP contribution is -2.46. The van der Waals surface area contributed by atoms with Crippen LogP contribution in [0.25, 0.3) is 11.4 Å². The topological polar surface area (TPSA) is 91.5 Å². The molecule has 3 N–H and O–H groups in total. The molecule has 0 atom stereocenters. The Hall–Kier alpha value is -2.74. The zero-order valence-corrected chi connectivity index (χ0v) is 16.0. The van der Waals surface area contributed by atoms with Crippen molar-refractivity contribution in [1.82, 2.24) is 25.5 Å². The van der Waals surface area contributed by atoms with Gasteiger partial charge in [-0.05, 0) is 25.0 Å². The first kappa shape index (κ1) is 19.0. The van der Waals surface area contributed by atoms with Crippen LogP contribution in [0.1, 0.15) is 18.5 Å². The molecule has 0 aliphatic carbocycles. The number of nitrogens with one attached hydrogen (secondary N) is 3. The second kappa shape index (κ2) is 8.77. The van der Waals surface area contributed by atoms with Crippen LogP contribution in [0.2, 0.25) is 0 Å². The maximum atomic E-state index is 11.4. The van der Waals surface area contributed by atoms with Gasteiger partial charge in [0.1, 0.15) is 5.82 Å². The number of hydrogen-bond acceptors (Lipinski definition) is 5. The van der Waals surface area contributed by atoms with Crippen molar-refractivity contribution in [2.75, 3.05) is 34.4 Å². The van der Waals surface area contributed by atoms with E-state index in [-0.39, 0.29) is 12.1 Å². The van der Waals surface area contributed by atoms with Gasteiger partial charge in [0.15, 0.2) is 11.5 Å². The molecule has 8 nitrogen and oxygen atoms in total. The number of likely N-dealkylation sites (tertiary alicyclic amines) is 1. The van der Waals surface area contributed by atoms with E-state index in [0.717, 1.165) is 49.6 Å². The number of aromatic nitrogens is 2. The molecule has 2 aromatic rings. The van der Waals surface area contributed by atoms with Crippen molar-refractivity contribution in [3.8, 4) is 22.9 Å². The third kappa shape index (κ3) is 4.51. The van der Waals surface area contributed by atoms with Crippen molar-refractivity contribution in [2.24, 2.45) is 0 Å². The van der Waals surface area contributed by atoms with Crippen molar-refractivity contribution in [3.63, 3.8) is 0 Å². The summed E-state index contributed by atoms with van der Waals surface area (Å²) < 4.78 is 10.9. The molecule has 2 amide bonds. The fourth-order valence-corrected chi connectivity index (χ4v) is 3.38. The zero-order valence-electron chi connectivity index (χ0n) is 16.0. The molecule has 1 saturated heterocycles. The lowest BCUT2D eigenvalue weighted by Gasteiger charge is -2.31. The Morgan fingerprint density at radius 2 is 2.07 bits per heavy atom. The Morgan fingerprint density at radius 1 is 1.30 bits per heavy atom. The quantitative estimate of drug-likeness (QED) is 0.720. The number of carbonyl (C=O) groups excluding carboxylic acids is 1. The number of aromatic amines is 1. The van der Waals surface area contributed by atoms with E-state index in [2.05, 4.69) is 25.5 Å². The Kier molecular flexibility index (Phi) is 6.18. The smallest absolute Gasteiger partial charge is 0.314 e. The van der Waals surface area contributed by atoms with Gasteiger partial charge < -0.3 is 25.1 Å². The van der Waals surface area contributed by atoms with Crippen LogP contribution in [0, 0.1) is 0 Å². The molecule has 27 heavy (non-hydrogen) atoms. The standard InChI is InChI=1S/C19H27N5O3/c1-20-19(25)23-13-7-9-24(10-8-13)12-14-11-21-18(22-14)15-5-4-6-16(26-2)17(15)27-3/h4-6,11,13H,7-10,12H2,1-3H3,(H,21,22)(H2,20,23,25). The number of urea groups is 1. The summed E-state index contributed by atoms with van der Waals surface area (Å²) in [5.74, 6) is 2.11. The number of piperidine rings is 1. The van der Waals surface area contributed by atoms with Gasteiger partial charge in [0.25, 0.3) is 0 Å². The zero-order chi connectivity index (χ0) is 19.2. The predicted octanol–water partition coefficient (Wildman–Crippen LogP) is 1.99. The number of rotatable bonds is 6. The molecule has 1 fully saturated rings. The van der Waals surface area contributed by atoms with E-state index in [1.54, 1.807) is 21.3 Å². The van der Waals surface area contributed by atoms with E-state index in [1.165, 1.54) is 0 Å². The minimum absolute atomic E-state index is 0.112. The summed E-state index contributed by atoms with van der Waals surface area (Å²) in [7, 11) is 4.89. The van der Waals surface area contributed by atoms with Crippen molar-refractivity contribution < 1.29 is 14.3 Å². The van der Waals surface area contributed by atoms with Gasteiger partial charge in [-0.3, -0.25) is 4.90 Å². The first-order valence-electron chi connectivity index (χ1n) is 9.10. The fourth-order valence-electron chi connectivity index (χ4n) is 3.38. The lowest BCUT2D eigenvalue weighted by molar-refractivity contribution is 0.186. The number of hydrogen-bond donors (Lipinski definition) is 3. The Morgan fingerprint density at radius 3 is 2.74 bits per heavy atom. The van der Waals surface area contributed by atoms with E-state index < -0.39 is 0 Å². The number of ether oxygens (including phenoxy) is 2. The molecule has 0 unspecified atom stereocenters. The van der Waals surface area contributed by atoms with Crippen molar-refractivity contribution in [2.45, 2.75) is 25.4 Å². The number of methoxy groups -OCH3 is 2. The monoisotopic (exact) mass is 373 g/mol. The van der Waals surface area contributed by atoms with Gasteiger partial charge in [0.2, 0.25) is 0 Å². The van der Waals surface area contributed by atoms with E-state index in [9.17, 15) is 4.79 Å². The van der Waals surface area contributed by atoms with Crippen LogP contribution in [0.3, 0.4) is 0 Å². The number of amides is 2. The number of nitrogens with zero attached hydrogens (tertiary/aromatic N) is 2. The highest BCUT2D eigenvalue weighted by Crippen LogP contribution is 2.36. The second-order valence-corrected chi connectivity index (χ2v) is 6.57. The maximum absolute atomic E-state index is 11.4. The third-order valence-electron chi connectivity index (χ3n) is 4.83. The average Bonchev–Trinajstić information content (AvgIpc) is 3.16. The summed E-state index contributed by atoms with van der Waals surface area (Å²) in [5, 5.41) is 5.58. The highest BCUT2D eigenvalue weighted by molar-refractivity contribution is 5.73. The molecule has 1 aliphatic rings. The Balaban J connectivity index is 1.62. The summed E-state index contributed by atoms with van der Waals surface area (Å²) in [6, 6.07) is 5.87. The molecular weight excluding hydrogens is 346 g/mol. The van der Waals surface area contributed by atoms with Crippen LogP contribution < -0.4 is 20.1 Å². The Bertz CT molecular complexity index is 768. The van der Waals surface area contributed by atoms with Crippen molar-refractivity contribution in [1.29, 1.82) is 0 Å². The minimum atomic E-state index is -0.112. The van der Waals surface area contributed by atoms with Crippen LogP contribution >= 0.6 is 0 Å². The summed E-state index contributed by atoms with van der Waals surface area (Å²) in [6.07, 6.45) is 3.75. The van der Waals surface area contributed by atoms with Crippen molar-refractivity contribution >= 4 is 6.03 Å². The summed E-state index contributed by atoms with van der Waals surface area (Å²) >= 11 is 0. The number of carbonyl (C=O) groups is 1. The number of imidazole rings is 1. The number of benzene rings is 1. The van der Waals surface area contributed by atoms with Crippen LogP contribution in [0.5, 0.6) is 11.5 Å². The molecule has 1 aromatic heterocycles. The fraction of sp³-hybridized carbons (Fsp3) is 0.474. The van der Waals surface area contributed by atoms with E-state index in [4.69, 9.17) is 9.47 Å². The molecule has 0 saturated carbocycles. The molecule has 0 bridgehead atoms. The van der Waals surface area contributed by atoms with Gasteiger partial charge in [-0.25, -0.2) is 9.78 Å². The molecule has 8 heteroatoms. The average molecular weight is 373 g/mol. The second-order valence-electron chi connectivity index (χ2n) is 6.57. The first-order valence-corrected chi connectivity index (χ1v) is 9.10. The summed E-state index contributed by atoms with van der Waals surface area (Å²) in [6.45, 7) is 2.67. The third-order valence-corrected chi connectivity index (χ3v) is 4.83. The number of para-hydroxylation sites is 1. The van der Waals surface area contributed by atoms with Crippen LogP contribution in [-0.4, -0.2) is 61.3 Å². The molecule has 3 rings (SSSR count). The molecule has 146 valence electrons. The molecular formula is C19H27N5O3. The molecule has 1 aliphatic heterocycles. The summed E-state index contributed by atoms with van der Waals surface area (Å²) in [4.78, 5) is 21.7. The lowest BCUT2D eigenvalue weighted by atomic mass is 10.1. The van der Waals surface area contributed by atoms with Gasteiger partial charge >= 0.3 is 6.03 Å². The van der Waals surface area contributed by atoms with Crippen LogP contribution in [0.15, 0.2) is 24.4 Å². The van der Waals surface area contributed by atoms with Gasteiger partial charge in [0.05, 0.1) is 19.8 Å². The molecule has 2 heterocycles. The van der Waals surface area contributed by atoms with E-state index >= 15 is 0 Å². The van der Waals surface area contributed by atoms with Crippen molar-refractivity contribution in [3.05, 3.63) is 30.1 Å². The van der Waals surface area contributed by atoms with Gasteiger partial charge in [0, 0.05) is 44.6 Å². The SMILES string of the molecule is CNC(=O)NC1CCN(Cc2cnc(-c3cccc(OC)c3OC)[nH]2)CC1. The van der Waals surface area contributed by atoms with E-state index in [1.807, 2.05) is 24.4 Å². The summed E-state index contributed by atoms with van der Waals surface area (Å²) in [5.41, 5.74) is 1.92. The van der Waals surface area contributed by atoms with Gasteiger partial charge in [-0.15, -0.1) is 0 Å². The highest BCUT2D eigenvalue weighted by atomic mass is 16.5. The largest absolute Gasteiger partial charge is 0.493 e. The molecule has 0 spiro atoms. The Labute approximate surface area is 159 Å². The normalized spacial score (nSPS) is 15.4. The molecule has 0 radical (unpaired) electrons. The minimum Gasteiger partial charge on any atom is -0.493 e. The van der Waals surface area contributed by atoms with Crippen LogP contribution in [0.4, 0.5) is 4.79 Å². The van der Waals surface area contributed by atoms with E-state index in [0.29, 0.717) is 11.5 Å². The maximum Gasteiger partial charge on any atom is 0.314 e. The predicted molar refractivity (Wildman–Crippen MR) is 103 cm³/mol. The molecule has 1 aromatic carbocycles.